The molecule has 0 spiro atoms. The molecule has 2 rings (SSSR count). The van der Waals surface area contributed by atoms with Crippen molar-refractivity contribution in [3.63, 3.8) is 0 Å². The van der Waals surface area contributed by atoms with Crippen LogP contribution in [0, 0.1) is 10.1 Å². The fourth-order valence-corrected chi connectivity index (χ4v) is 1.81. The molecule has 21 heavy (non-hydrogen) atoms. The van der Waals surface area contributed by atoms with Gasteiger partial charge in [-0.2, -0.15) is 0 Å². The Kier molecular flexibility index (Phi) is 4.12. The monoisotopic (exact) mass is 290 g/mol. The SMILES string of the molecule is Cn1cnnc1CCNC(=O)c1cc(N)ccc1[N+](=O)[O-]. The number of nitrogens with two attached hydrogens (primary N) is 1. The van der Waals surface area contributed by atoms with Crippen LogP contribution in [0.1, 0.15) is 16.2 Å². The van der Waals surface area contributed by atoms with Crippen molar-refractivity contribution in [2.75, 3.05) is 12.3 Å². The van der Waals surface area contributed by atoms with Gasteiger partial charge in [0.2, 0.25) is 0 Å². The summed E-state index contributed by atoms with van der Waals surface area (Å²) in [6.07, 6.45) is 2.03. The molecule has 0 atom stereocenters. The maximum atomic E-state index is 12.0. The zero-order valence-electron chi connectivity index (χ0n) is 11.3. The van der Waals surface area contributed by atoms with Gasteiger partial charge < -0.3 is 15.6 Å². The van der Waals surface area contributed by atoms with E-state index >= 15 is 0 Å². The third-order valence-electron chi connectivity index (χ3n) is 2.90. The zero-order valence-corrected chi connectivity index (χ0v) is 11.3. The molecule has 0 bridgehead atoms. The van der Waals surface area contributed by atoms with Gasteiger partial charge in [-0.25, -0.2) is 0 Å². The van der Waals surface area contributed by atoms with Crippen molar-refractivity contribution in [2.45, 2.75) is 6.42 Å². The smallest absolute Gasteiger partial charge is 0.282 e. The highest BCUT2D eigenvalue weighted by molar-refractivity contribution is 5.99. The van der Waals surface area contributed by atoms with E-state index in [0.29, 0.717) is 17.9 Å². The number of benzene rings is 1. The summed E-state index contributed by atoms with van der Waals surface area (Å²) in [5.74, 6) is 0.161. The van der Waals surface area contributed by atoms with Crippen LogP contribution in [0.4, 0.5) is 11.4 Å². The van der Waals surface area contributed by atoms with Gasteiger partial charge in [0, 0.05) is 31.8 Å². The number of nitrogens with zero attached hydrogens (tertiary/aromatic N) is 4. The number of aromatic nitrogens is 3. The van der Waals surface area contributed by atoms with Gasteiger partial charge in [0.15, 0.2) is 0 Å². The van der Waals surface area contributed by atoms with Crippen LogP contribution in [0.25, 0.3) is 0 Å². The third kappa shape index (κ3) is 3.32. The van der Waals surface area contributed by atoms with E-state index in [0.717, 1.165) is 0 Å². The first-order chi connectivity index (χ1) is 9.99. The average Bonchev–Trinajstić information content (AvgIpc) is 2.84. The number of aryl methyl sites for hydroxylation is 1. The molecule has 0 unspecified atom stereocenters. The van der Waals surface area contributed by atoms with Crippen LogP contribution in [0.5, 0.6) is 0 Å². The summed E-state index contributed by atoms with van der Waals surface area (Å²) in [7, 11) is 1.79. The molecule has 0 aliphatic carbocycles. The van der Waals surface area contributed by atoms with E-state index < -0.39 is 10.8 Å². The number of nitro benzene ring substituents is 1. The summed E-state index contributed by atoms with van der Waals surface area (Å²) >= 11 is 0. The first-order valence-corrected chi connectivity index (χ1v) is 6.14. The first-order valence-electron chi connectivity index (χ1n) is 6.14. The maximum Gasteiger partial charge on any atom is 0.282 e. The lowest BCUT2D eigenvalue weighted by Crippen LogP contribution is -2.27. The number of hydrogen-bond donors (Lipinski definition) is 2. The van der Waals surface area contributed by atoms with E-state index in [1.54, 1.807) is 17.9 Å². The fourth-order valence-electron chi connectivity index (χ4n) is 1.81. The standard InChI is InChI=1S/C12H14N6O3/c1-17-7-15-16-11(17)4-5-14-12(19)9-6-8(13)2-3-10(9)18(20)21/h2-3,6-7H,4-5,13H2,1H3,(H,14,19). The molecular weight excluding hydrogens is 276 g/mol. The minimum absolute atomic E-state index is 0.0574. The lowest BCUT2D eigenvalue weighted by atomic mass is 10.1. The Morgan fingerprint density at radius 2 is 2.29 bits per heavy atom. The normalized spacial score (nSPS) is 10.3. The third-order valence-corrected chi connectivity index (χ3v) is 2.90. The summed E-state index contributed by atoms with van der Waals surface area (Å²) in [6, 6.07) is 3.89. The van der Waals surface area contributed by atoms with Crippen LogP contribution in [0.3, 0.4) is 0 Å². The molecule has 1 amide bonds. The second-order valence-corrected chi connectivity index (χ2v) is 4.40. The lowest BCUT2D eigenvalue weighted by molar-refractivity contribution is -0.385. The Morgan fingerprint density at radius 1 is 1.52 bits per heavy atom. The van der Waals surface area contributed by atoms with E-state index in [1.165, 1.54) is 18.2 Å². The number of nitro groups is 1. The highest BCUT2D eigenvalue weighted by Gasteiger charge is 2.20. The molecule has 0 saturated heterocycles. The van der Waals surface area contributed by atoms with Crippen molar-refractivity contribution in [1.29, 1.82) is 0 Å². The Morgan fingerprint density at radius 3 is 2.90 bits per heavy atom. The average molecular weight is 290 g/mol. The number of nitrogen functional groups attached to an aromatic ring is 1. The summed E-state index contributed by atoms with van der Waals surface area (Å²) < 4.78 is 1.73. The summed E-state index contributed by atoms with van der Waals surface area (Å²) in [5, 5.41) is 21.1. The minimum atomic E-state index is -0.614. The van der Waals surface area contributed by atoms with Crippen molar-refractivity contribution in [3.8, 4) is 0 Å². The van der Waals surface area contributed by atoms with E-state index in [1.807, 2.05) is 0 Å². The van der Waals surface area contributed by atoms with Gasteiger partial charge in [-0.3, -0.25) is 14.9 Å². The second-order valence-electron chi connectivity index (χ2n) is 4.40. The number of carbonyl (C=O) groups is 1. The first kappa shape index (κ1) is 14.4. The molecule has 0 fully saturated rings. The number of rotatable bonds is 5. The number of carbonyl (C=O) groups excluding carboxylic acids is 1. The van der Waals surface area contributed by atoms with Gasteiger partial charge in [0.25, 0.3) is 11.6 Å². The molecular formula is C12H14N6O3. The number of anilines is 1. The van der Waals surface area contributed by atoms with Gasteiger partial charge in [-0.1, -0.05) is 0 Å². The molecule has 9 nitrogen and oxygen atoms in total. The quantitative estimate of drug-likeness (QED) is 0.462. The van der Waals surface area contributed by atoms with E-state index in [2.05, 4.69) is 15.5 Å². The maximum absolute atomic E-state index is 12.0. The van der Waals surface area contributed by atoms with Crippen LogP contribution < -0.4 is 11.1 Å². The molecule has 0 saturated carbocycles. The number of nitrogens with one attached hydrogen (secondary N) is 1. The summed E-state index contributed by atoms with van der Waals surface area (Å²) in [5.41, 5.74) is 5.52. The Bertz CT molecular complexity index is 681. The van der Waals surface area contributed by atoms with Crippen molar-refractivity contribution in [3.05, 3.63) is 46.0 Å². The summed E-state index contributed by atoms with van der Waals surface area (Å²) in [4.78, 5) is 22.3. The number of hydrogen-bond acceptors (Lipinski definition) is 6. The fraction of sp³-hybridized carbons (Fsp3) is 0.250. The summed E-state index contributed by atoms with van der Waals surface area (Å²) in [6.45, 7) is 0.289. The molecule has 0 radical (unpaired) electrons. The van der Waals surface area contributed by atoms with Crippen molar-refractivity contribution in [1.82, 2.24) is 20.1 Å². The van der Waals surface area contributed by atoms with Gasteiger partial charge in [0.05, 0.1) is 4.92 Å². The Balaban J connectivity index is 2.05. The van der Waals surface area contributed by atoms with Gasteiger partial charge in [0.1, 0.15) is 17.7 Å². The predicted octanol–water partition coefficient (Wildman–Crippen LogP) is 0.278. The van der Waals surface area contributed by atoms with Crippen molar-refractivity contribution < 1.29 is 9.72 Å². The van der Waals surface area contributed by atoms with Crippen molar-refractivity contribution in [2.24, 2.45) is 7.05 Å². The van der Waals surface area contributed by atoms with Crippen LogP contribution in [0.2, 0.25) is 0 Å². The lowest BCUT2D eigenvalue weighted by Gasteiger charge is -2.06. The van der Waals surface area contributed by atoms with Crippen LogP contribution in [0.15, 0.2) is 24.5 Å². The minimum Gasteiger partial charge on any atom is -0.399 e. The van der Waals surface area contributed by atoms with Gasteiger partial charge in [-0.05, 0) is 12.1 Å². The second kappa shape index (κ2) is 5.99. The van der Waals surface area contributed by atoms with Crippen LogP contribution in [-0.4, -0.2) is 32.1 Å². The molecule has 9 heteroatoms. The molecule has 0 aliphatic heterocycles. The highest BCUT2D eigenvalue weighted by atomic mass is 16.6. The predicted molar refractivity (Wildman–Crippen MR) is 74.5 cm³/mol. The molecule has 1 heterocycles. The Hall–Kier alpha value is -2.97. The number of amides is 1. The molecule has 110 valence electrons. The molecule has 1 aromatic heterocycles. The van der Waals surface area contributed by atoms with Crippen molar-refractivity contribution >= 4 is 17.3 Å². The molecule has 2 aromatic rings. The van der Waals surface area contributed by atoms with Crippen LogP contribution in [-0.2, 0) is 13.5 Å². The molecule has 3 N–H and O–H groups in total. The Labute approximate surface area is 119 Å². The van der Waals surface area contributed by atoms with Crippen LogP contribution >= 0.6 is 0 Å². The topological polar surface area (TPSA) is 129 Å². The molecule has 1 aromatic carbocycles. The largest absolute Gasteiger partial charge is 0.399 e. The van der Waals surface area contributed by atoms with Gasteiger partial charge in [-0.15, -0.1) is 10.2 Å². The van der Waals surface area contributed by atoms with E-state index in [4.69, 9.17) is 5.73 Å². The van der Waals surface area contributed by atoms with E-state index in [-0.39, 0.29) is 17.8 Å². The van der Waals surface area contributed by atoms with E-state index in [9.17, 15) is 14.9 Å². The highest BCUT2D eigenvalue weighted by Crippen LogP contribution is 2.20. The zero-order chi connectivity index (χ0) is 15.4. The van der Waals surface area contributed by atoms with Gasteiger partial charge >= 0.3 is 0 Å². The molecule has 0 aliphatic rings.